The molecule has 0 heterocycles. The van der Waals surface area contributed by atoms with Crippen molar-refractivity contribution in [3.8, 4) is 22.3 Å². The van der Waals surface area contributed by atoms with Gasteiger partial charge in [-0.1, -0.05) is 80.6 Å². The van der Waals surface area contributed by atoms with Gasteiger partial charge >= 0.3 is 0 Å². The largest absolute Gasteiger partial charge is 0.0620 e. The van der Waals surface area contributed by atoms with E-state index in [4.69, 9.17) is 0 Å². The molecule has 132 valence electrons. The predicted molar refractivity (Wildman–Crippen MR) is 116 cm³/mol. The summed E-state index contributed by atoms with van der Waals surface area (Å²) >= 11 is 0. The number of benzene rings is 4. The van der Waals surface area contributed by atoms with Crippen LogP contribution < -0.4 is 0 Å². The molecule has 1 aliphatic carbocycles. The molecule has 5 rings (SSSR count). The average Bonchev–Trinajstić information content (AvgIpc) is 2.90. The van der Waals surface area contributed by atoms with Gasteiger partial charge in [-0.05, 0) is 75.2 Å². The Labute approximate surface area is 161 Å². The van der Waals surface area contributed by atoms with Crippen LogP contribution in [0.2, 0.25) is 0 Å². The Hall–Kier alpha value is -2.86. The van der Waals surface area contributed by atoms with E-state index in [0.29, 0.717) is 0 Å². The van der Waals surface area contributed by atoms with Crippen molar-refractivity contribution in [2.45, 2.75) is 33.1 Å². The molecule has 0 fully saturated rings. The number of hydrogen-bond donors (Lipinski definition) is 0. The molecular formula is C27H24. The topological polar surface area (TPSA) is 0 Å². The van der Waals surface area contributed by atoms with Gasteiger partial charge in [0.1, 0.15) is 0 Å². The van der Waals surface area contributed by atoms with Gasteiger partial charge in [-0.3, -0.25) is 0 Å². The SMILES string of the molecule is Cc1ccccc1-c1cc2c3c(ccc2cc1C)C(C)(C)c1ccccc1-3. The lowest BCUT2D eigenvalue weighted by Gasteiger charge is -2.21. The fraction of sp³-hybridized carbons (Fsp3) is 0.185. The van der Waals surface area contributed by atoms with Gasteiger partial charge in [0.25, 0.3) is 0 Å². The van der Waals surface area contributed by atoms with Crippen molar-refractivity contribution in [2.75, 3.05) is 0 Å². The summed E-state index contributed by atoms with van der Waals surface area (Å²) in [7, 11) is 0. The molecule has 0 unspecified atom stereocenters. The highest BCUT2D eigenvalue weighted by atomic mass is 14.4. The highest BCUT2D eigenvalue weighted by molar-refractivity contribution is 6.04. The Bertz CT molecular complexity index is 1210. The lowest BCUT2D eigenvalue weighted by Crippen LogP contribution is -2.14. The Kier molecular flexibility index (Phi) is 3.37. The summed E-state index contributed by atoms with van der Waals surface area (Å²) in [6.07, 6.45) is 0. The molecule has 0 radical (unpaired) electrons. The van der Waals surface area contributed by atoms with Crippen molar-refractivity contribution < 1.29 is 0 Å². The van der Waals surface area contributed by atoms with Crippen molar-refractivity contribution in [2.24, 2.45) is 0 Å². The van der Waals surface area contributed by atoms with E-state index < -0.39 is 0 Å². The first-order chi connectivity index (χ1) is 13.0. The average molecular weight is 348 g/mol. The van der Waals surface area contributed by atoms with E-state index in [9.17, 15) is 0 Å². The van der Waals surface area contributed by atoms with Gasteiger partial charge in [0.2, 0.25) is 0 Å². The summed E-state index contributed by atoms with van der Waals surface area (Å²) in [6.45, 7) is 9.12. The second kappa shape index (κ2) is 5.57. The zero-order valence-electron chi connectivity index (χ0n) is 16.4. The van der Waals surface area contributed by atoms with Gasteiger partial charge in [0, 0.05) is 5.41 Å². The summed E-state index contributed by atoms with van der Waals surface area (Å²) in [5, 5.41) is 2.70. The molecule has 0 spiro atoms. The minimum absolute atomic E-state index is 0.0494. The van der Waals surface area contributed by atoms with Crippen molar-refractivity contribution in [1.29, 1.82) is 0 Å². The molecule has 0 atom stereocenters. The molecule has 27 heavy (non-hydrogen) atoms. The van der Waals surface area contributed by atoms with E-state index in [1.165, 1.54) is 55.3 Å². The zero-order valence-corrected chi connectivity index (χ0v) is 16.4. The molecule has 1 aliphatic rings. The van der Waals surface area contributed by atoms with Crippen molar-refractivity contribution >= 4 is 10.8 Å². The van der Waals surface area contributed by atoms with E-state index in [0.717, 1.165) is 0 Å². The number of hydrogen-bond acceptors (Lipinski definition) is 0. The third-order valence-electron chi connectivity index (χ3n) is 6.34. The quantitative estimate of drug-likeness (QED) is 0.335. The molecule has 0 aromatic heterocycles. The van der Waals surface area contributed by atoms with Crippen LogP contribution in [0.15, 0.2) is 72.8 Å². The standard InChI is InChI=1S/C27H24/c1-17-9-5-6-10-20(17)22-16-23-19(15-18(22)2)13-14-25-26(23)21-11-7-8-12-24(21)27(25,3)4/h5-16H,1-4H3. The lowest BCUT2D eigenvalue weighted by atomic mass is 9.82. The van der Waals surface area contributed by atoms with Crippen LogP contribution in [0.25, 0.3) is 33.0 Å². The van der Waals surface area contributed by atoms with Gasteiger partial charge in [0.15, 0.2) is 0 Å². The second-order valence-electron chi connectivity index (χ2n) is 8.36. The molecule has 0 amide bonds. The zero-order chi connectivity index (χ0) is 18.8. The van der Waals surface area contributed by atoms with Crippen LogP contribution >= 0.6 is 0 Å². The Balaban J connectivity index is 1.89. The molecule has 0 nitrogen and oxygen atoms in total. The molecule has 0 aliphatic heterocycles. The van der Waals surface area contributed by atoms with E-state index in [1.54, 1.807) is 0 Å². The fourth-order valence-electron chi connectivity index (χ4n) is 4.85. The van der Waals surface area contributed by atoms with E-state index in [-0.39, 0.29) is 5.41 Å². The van der Waals surface area contributed by atoms with E-state index in [1.807, 2.05) is 0 Å². The number of fused-ring (bicyclic) bond motifs is 5. The van der Waals surface area contributed by atoms with Crippen molar-refractivity contribution in [3.05, 3.63) is 95.1 Å². The Morgan fingerprint density at radius 2 is 1.30 bits per heavy atom. The van der Waals surface area contributed by atoms with Gasteiger partial charge in [0.05, 0.1) is 0 Å². The van der Waals surface area contributed by atoms with Crippen LogP contribution in [0.4, 0.5) is 0 Å². The molecule has 0 saturated carbocycles. The van der Waals surface area contributed by atoms with Crippen molar-refractivity contribution in [3.63, 3.8) is 0 Å². The van der Waals surface area contributed by atoms with E-state index >= 15 is 0 Å². The smallest absolute Gasteiger partial charge is 0.0159 e. The minimum atomic E-state index is 0.0494. The summed E-state index contributed by atoms with van der Waals surface area (Å²) in [6, 6.07) is 27.0. The lowest BCUT2D eigenvalue weighted by molar-refractivity contribution is 0.661. The van der Waals surface area contributed by atoms with Crippen LogP contribution in [0.3, 0.4) is 0 Å². The van der Waals surface area contributed by atoms with Crippen LogP contribution in [-0.2, 0) is 5.41 Å². The minimum Gasteiger partial charge on any atom is -0.0620 e. The summed E-state index contributed by atoms with van der Waals surface area (Å²) in [5.74, 6) is 0. The highest BCUT2D eigenvalue weighted by Gasteiger charge is 2.36. The third-order valence-corrected chi connectivity index (χ3v) is 6.34. The first-order valence-electron chi connectivity index (χ1n) is 9.72. The first-order valence-corrected chi connectivity index (χ1v) is 9.72. The summed E-state index contributed by atoms with van der Waals surface area (Å²) in [5.41, 5.74) is 11.1. The maximum absolute atomic E-state index is 2.42. The van der Waals surface area contributed by atoms with Gasteiger partial charge in [-0.25, -0.2) is 0 Å². The van der Waals surface area contributed by atoms with Crippen LogP contribution in [0.5, 0.6) is 0 Å². The number of aryl methyl sites for hydroxylation is 2. The molecule has 0 N–H and O–H groups in total. The Morgan fingerprint density at radius 3 is 2.07 bits per heavy atom. The molecule has 0 heteroatoms. The normalized spacial score (nSPS) is 14.2. The monoisotopic (exact) mass is 348 g/mol. The molecular weight excluding hydrogens is 324 g/mol. The van der Waals surface area contributed by atoms with Crippen molar-refractivity contribution in [1.82, 2.24) is 0 Å². The first kappa shape index (κ1) is 16.3. The summed E-state index contributed by atoms with van der Waals surface area (Å²) < 4.78 is 0. The van der Waals surface area contributed by atoms with Gasteiger partial charge < -0.3 is 0 Å². The van der Waals surface area contributed by atoms with Gasteiger partial charge in [-0.15, -0.1) is 0 Å². The van der Waals surface area contributed by atoms with Crippen LogP contribution in [0.1, 0.15) is 36.1 Å². The van der Waals surface area contributed by atoms with Crippen LogP contribution in [-0.4, -0.2) is 0 Å². The maximum Gasteiger partial charge on any atom is 0.0159 e. The molecule has 0 saturated heterocycles. The van der Waals surface area contributed by atoms with Gasteiger partial charge in [-0.2, -0.15) is 0 Å². The second-order valence-corrected chi connectivity index (χ2v) is 8.36. The molecule has 4 aromatic rings. The fourth-order valence-corrected chi connectivity index (χ4v) is 4.85. The molecule has 4 aromatic carbocycles. The van der Waals surface area contributed by atoms with Crippen LogP contribution in [0, 0.1) is 13.8 Å². The van der Waals surface area contributed by atoms with E-state index in [2.05, 4.69) is 100 Å². The Morgan fingerprint density at radius 1 is 0.593 bits per heavy atom. The number of rotatable bonds is 1. The maximum atomic E-state index is 2.42. The highest BCUT2D eigenvalue weighted by Crippen LogP contribution is 2.51. The molecule has 0 bridgehead atoms. The predicted octanol–water partition coefficient (Wildman–Crippen LogP) is 7.43. The third kappa shape index (κ3) is 2.23. The summed E-state index contributed by atoms with van der Waals surface area (Å²) in [4.78, 5) is 0.